The van der Waals surface area contributed by atoms with Gasteiger partial charge in [-0.1, -0.05) is 43.0 Å². The first-order chi connectivity index (χ1) is 15.5. The van der Waals surface area contributed by atoms with Crippen LogP contribution in [0.5, 0.6) is 0 Å². The summed E-state index contributed by atoms with van der Waals surface area (Å²) in [5.74, 6) is -0.402. The molecule has 0 heterocycles. The van der Waals surface area contributed by atoms with Crippen molar-refractivity contribution in [3.8, 4) is 0 Å². The number of carbonyl (C=O) groups excluding carboxylic acids is 3. The lowest BCUT2D eigenvalue weighted by molar-refractivity contribution is -0.141. The van der Waals surface area contributed by atoms with E-state index in [4.69, 9.17) is 4.74 Å². The van der Waals surface area contributed by atoms with Crippen molar-refractivity contribution in [3.63, 3.8) is 0 Å². The summed E-state index contributed by atoms with van der Waals surface area (Å²) in [7, 11) is 0. The molecule has 0 bridgehead atoms. The van der Waals surface area contributed by atoms with Crippen LogP contribution in [0.2, 0.25) is 0 Å². The van der Waals surface area contributed by atoms with E-state index in [9.17, 15) is 14.4 Å². The molecule has 0 spiro atoms. The first-order valence-corrected chi connectivity index (χ1v) is 12.2. The van der Waals surface area contributed by atoms with Gasteiger partial charge in [0.15, 0.2) is 0 Å². The Morgan fingerprint density at radius 2 is 1.73 bits per heavy atom. The fourth-order valence-electron chi connectivity index (χ4n) is 4.46. The molecule has 1 atom stereocenters. The fraction of sp³-hybridized carbons (Fsp3) is 0.654. The summed E-state index contributed by atoms with van der Waals surface area (Å²) in [4.78, 5) is 40.9. The molecule has 182 valence electrons. The van der Waals surface area contributed by atoms with Crippen LogP contribution in [-0.4, -0.2) is 47.0 Å². The minimum absolute atomic E-state index is 0.0000420. The summed E-state index contributed by atoms with van der Waals surface area (Å²) in [6.45, 7) is 9.09. The van der Waals surface area contributed by atoms with E-state index in [0.29, 0.717) is 0 Å². The van der Waals surface area contributed by atoms with Gasteiger partial charge >= 0.3 is 6.09 Å². The predicted molar refractivity (Wildman–Crippen MR) is 128 cm³/mol. The van der Waals surface area contributed by atoms with Crippen LogP contribution in [0.3, 0.4) is 0 Å². The van der Waals surface area contributed by atoms with Gasteiger partial charge in [-0.25, -0.2) is 4.79 Å². The maximum atomic E-state index is 13.7. The number of amides is 3. The largest absolute Gasteiger partial charge is 0.444 e. The molecule has 7 nitrogen and oxygen atoms in total. The molecule has 1 aromatic rings. The molecule has 3 amide bonds. The number of alkyl carbamates (subject to hydrolysis) is 1. The van der Waals surface area contributed by atoms with Gasteiger partial charge in [-0.05, 0) is 71.4 Å². The Bertz CT molecular complexity index is 867. The van der Waals surface area contributed by atoms with Crippen molar-refractivity contribution in [2.45, 2.75) is 103 Å². The number of nitrogens with zero attached hydrogens (tertiary/aromatic N) is 1. The SMILES string of the molecule is Cc1ccc(C)c(C(C(=O)NC2CCCCC2)N(C(=O)CNC(=O)OC(C)(C)C)C2CC2)c1. The second kappa shape index (κ2) is 10.6. The number of rotatable bonds is 7. The Kier molecular flexibility index (Phi) is 8.03. The molecule has 2 saturated carbocycles. The van der Waals surface area contributed by atoms with Gasteiger partial charge in [0, 0.05) is 12.1 Å². The highest BCUT2D eigenvalue weighted by atomic mass is 16.6. The average molecular weight is 458 g/mol. The Morgan fingerprint density at radius 1 is 1.06 bits per heavy atom. The van der Waals surface area contributed by atoms with E-state index in [-0.39, 0.29) is 30.4 Å². The molecule has 1 aromatic carbocycles. The van der Waals surface area contributed by atoms with Gasteiger partial charge in [-0.2, -0.15) is 0 Å². The molecule has 3 rings (SSSR count). The van der Waals surface area contributed by atoms with Crippen molar-refractivity contribution in [2.24, 2.45) is 0 Å². The molecule has 33 heavy (non-hydrogen) atoms. The maximum Gasteiger partial charge on any atom is 0.408 e. The Hall–Kier alpha value is -2.57. The van der Waals surface area contributed by atoms with E-state index in [1.54, 1.807) is 25.7 Å². The van der Waals surface area contributed by atoms with E-state index in [1.165, 1.54) is 6.42 Å². The molecule has 0 aromatic heterocycles. The van der Waals surface area contributed by atoms with Crippen LogP contribution in [0.25, 0.3) is 0 Å². The van der Waals surface area contributed by atoms with Crippen LogP contribution in [0.4, 0.5) is 4.79 Å². The van der Waals surface area contributed by atoms with E-state index in [2.05, 4.69) is 10.6 Å². The number of hydrogen-bond donors (Lipinski definition) is 2. The van der Waals surface area contributed by atoms with Crippen LogP contribution in [0, 0.1) is 13.8 Å². The van der Waals surface area contributed by atoms with Crippen molar-refractivity contribution in [2.75, 3.05) is 6.54 Å². The summed E-state index contributed by atoms with van der Waals surface area (Å²) >= 11 is 0. The zero-order valence-corrected chi connectivity index (χ0v) is 20.7. The highest BCUT2D eigenvalue weighted by molar-refractivity contribution is 5.91. The Balaban J connectivity index is 1.84. The fourth-order valence-corrected chi connectivity index (χ4v) is 4.46. The second-order valence-corrected chi connectivity index (χ2v) is 10.5. The molecule has 2 fully saturated rings. The summed E-state index contributed by atoms with van der Waals surface area (Å²) in [6.07, 6.45) is 6.46. The minimum Gasteiger partial charge on any atom is -0.444 e. The van der Waals surface area contributed by atoms with Gasteiger partial charge in [0.1, 0.15) is 18.2 Å². The van der Waals surface area contributed by atoms with Crippen molar-refractivity contribution in [1.82, 2.24) is 15.5 Å². The summed E-state index contributed by atoms with van der Waals surface area (Å²) < 4.78 is 5.27. The Morgan fingerprint density at radius 3 is 2.33 bits per heavy atom. The number of hydrogen-bond acceptors (Lipinski definition) is 4. The van der Waals surface area contributed by atoms with Crippen molar-refractivity contribution >= 4 is 17.9 Å². The lowest BCUT2D eigenvalue weighted by Crippen LogP contribution is -2.50. The highest BCUT2D eigenvalue weighted by Crippen LogP contribution is 2.36. The van der Waals surface area contributed by atoms with Crippen LogP contribution >= 0.6 is 0 Å². The molecular formula is C26H39N3O4. The van der Waals surface area contributed by atoms with E-state index >= 15 is 0 Å². The number of ether oxygens (including phenoxy) is 1. The number of aryl methyl sites for hydroxylation is 2. The lowest BCUT2D eigenvalue weighted by Gasteiger charge is -2.34. The predicted octanol–water partition coefficient (Wildman–Crippen LogP) is 4.31. The molecule has 2 aliphatic carbocycles. The van der Waals surface area contributed by atoms with E-state index in [1.807, 2.05) is 32.0 Å². The lowest BCUT2D eigenvalue weighted by atomic mass is 9.93. The summed E-state index contributed by atoms with van der Waals surface area (Å²) in [5.41, 5.74) is 2.22. The first-order valence-electron chi connectivity index (χ1n) is 12.2. The van der Waals surface area contributed by atoms with Crippen molar-refractivity contribution in [1.29, 1.82) is 0 Å². The number of nitrogens with one attached hydrogen (secondary N) is 2. The van der Waals surface area contributed by atoms with Gasteiger partial charge in [0.2, 0.25) is 11.8 Å². The number of carbonyl (C=O) groups is 3. The van der Waals surface area contributed by atoms with E-state index in [0.717, 1.165) is 55.2 Å². The quantitative estimate of drug-likeness (QED) is 0.639. The van der Waals surface area contributed by atoms with Gasteiger partial charge < -0.3 is 20.3 Å². The average Bonchev–Trinajstić information content (AvgIpc) is 3.56. The van der Waals surface area contributed by atoms with Crippen LogP contribution in [-0.2, 0) is 14.3 Å². The molecule has 7 heteroatoms. The maximum absolute atomic E-state index is 13.7. The molecule has 0 saturated heterocycles. The molecule has 2 aliphatic rings. The summed E-state index contributed by atoms with van der Waals surface area (Å²) in [6, 6.07) is 5.45. The third-order valence-corrected chi connectivity index (χ3v) is 6.22. The van der Waals surface area contributed by atoms with Gasteiger partial charge in [0.25, 0.3) is 0 Å². The molecule has 1 unspecified atom stereocenters. The van der Waals surface area contributed by atoms with Crippen LogP contribution in [0.1, 0.15) is 88.4 Å². The third kappa shape index (κ3) is 7.21. The molecule has 0 radical (unpaired) electrons. The van der Waals surface area contributed by atoms with Gasteiger partial charge in [-0.15, -0.1) is 0 Å². The monoisotopic (exact) mass is 457 g/mol. The minimum atomic E-state index is -0.715. The Labute approximate surface area is 197 Å². The number of benzene rings is 1. The second-order valence-electron chi connectivity index (χ2n) is 10.5. The zero-order valence-electron chi connectivity index (χ0n) is 20.7. The van der Waals surface area contributed by atoms with Crippen molar-refractivity contribution in [3.05, 3.63) is 34.9 Å². The molecule has 0 aliphatic heterocycles. The zero-order chi connectivity index (χ0) is 24.2. The van der Waals surface area contributed by atoms with Crippen molar-refractivity contribution < 1.29 is 19.1 Å². The molecule has 2 N–H and O–H groups in total. The van der Waals surface area contributed by atoms with Crippen LogP contribution < -0.4 is 10.6 Å². The highest BCUT2D eigenvalue weighted by Gasteiger charge is 2.42. The third-order valence-electron chi connectivity index (χ3n) is 6.22. The van der Waals surface area contributed by atoms with Crippen LogP contribution in [0.15, 0.2) is 18.2 Å². The molecular weight excluding hydrogens is 418 g/mol. The smallest absolute Gasteiger partial charge is 0.408 e. The topological polar surface area (TPSA) is 87.7 Å². The normalized spacial score (nSPS) is 17.7. The standard InChI is InChI=1S/C26H39N3O4/c1-17-11-12-18(2)21(15-17)23(24(31)28-19-9-7-6-8-10-19)29(20-13-14-20)22(30)16-27-25(32)33-26(3,4)5/h11-12,15,19-20,23H,6-10,13-14,16H2,1-5H3,(H,27,32)(H,28,31). The van der Waals surface area contributed by atoms with E-state index < -0.39 is 17.7 Å². The summed E-state index contributed by atoms with van der Waals surface area (Å²) in [5, 5.41) is 5.80. The first kappa shape index (κ1) is 25.1. The van der Waals surface area contributed by atoms with Gasteiger partial charge in [0.05, 0.1) is 0 Å². The van der Waals surface area contributed by atoms with Gasteiger partial charge in [-0.3, -0.25) is 9.59 Å².